The highest BCUT2D eigenvalue weighted by molar-refractivity contribution is 5.70. The third-order valence-electron chi connectivity index (χ3n) is 6.38. The fraction of sp³-hybridized carbons (Fsp3) is 0.385. The number of anilines is 2. The molecule has 1 fully saturated rings. The Kier molecular flexibility index (Phi) is 7.04. The van der Waals surface area contributed by atoms with Crippen molar-refractivity contribution in [3.8, 4) is 5.75 Å². The van der Waals surface area contributed by atoms with Crippen molar-refractivity contribution in [2.75, 3.05) is 11.9 Å². The molecule has 3 aromatic rings. The van der Waals surface area contributed by atoms with Crippen molar-refractivity contribution in [3.63, 3.8) is 0 Å². The molecule has 4 rings (SSSR count). The van der Waals surface area contributed by atoms with Gasteiger partial charge in [0.05, 0.1) is 25.1 Å². The van der Waals surface area contributed by atoms with Crippen molar-refractivity contribution in [2.45, 2.75) is 46.2 Å². The van der Waals surface area contributed by atoms with Gasteiger partial charge in [0.2, 0.25) is 5.95 Å². The molecule has 0 aliphatic heterocycles. The number of carboxylic acids is 1. The van der Waals surface area contributed by atoms with Gasteiger partial charge in [-0.1, -0.05) is 29.8 Å². The molecule has 0 saturated heterocycles. The lowest BCUT2D eigenvalue weighted by atomic mass is 10.0. The van der Waals surface area contributed by atoms with Crippen LogP contribution in [0.5, 0.6) is 5.75 Å². The number of aromatic nitrogens is 3. The Morgan fingerprint density at radius 2 is 1.77 bits per heavy atom. The third kappa shape index (κ3) is 5.79. The molecule has 2 N–H and O–H groups in total. The van der Waals surface area contributed by atoms with Crippen molar-refractivity contribution < 1.29 is 14.6 Å². The lowest BCUT2D eigenvalue weighted by molar-refractivity contribution is -0.142. The fourth-order valence-electron chi connectivity index (χ4n) is 3.66. The fourth-order valence-corrected chi connectivity index (χ4v) is 3.66. The van der Waals surface area contributed by atoms with Gasteiger partial charge in [-0.15, -0.1) is 0 Å². The summed E-state index contributed by atoms with van der Waals surface area (Å²) in [6.45, 7) is 5.83. The Bertz CT molecular complexity index is 1310. The van der Waals surface area contributed by atoms with Gasteiger partial charge in [-0.3, -0.25) is 9.36 Å². The number of hydrogen-bond donors (Lipinski definition) is 2. The number of carbonyl (C=O) groups is 1. The monoisotopic (exact) mass is 478 g/mol. The van der Waals surface area contributed by atoms with Gasteiger partial charge in [-0.25, -0.2) is 14.2 Å². The van der Waals surface area contributed by atoms with E-state index in [0.29, 0.717) is 18.2 Å². The van der Waals surface area contributed by atoms with E-state index in [-0.39, 0.29) is 12.5 Å². The second-order valence-corrected chi connectivity index (χ2v) is 9.21. The zero-order valence-electron chi connectivity index (χ0n) is 20.1. The Balaban J connectivity index is 1.69. The van der Waals surface area contributed by atoms with Gasteiger partial charge >= 0.3 is 17.3 Å². The van der Waals surface area contributed by atoms with E-state index in [4.69, 9.17) is 4.74 Å². The summed E-state index contributed by atoms with van der Waals surface area (Å²) in [5.74, 6) is -0.568. The summed E-state index contributed by atoms with van der Waals surface area (Å²) in [6.07, 6.45) is 2.42. The molecule has 9 heteroatoms. The zero-order chi connectivity index (χ0) is 25.1. The van der Waals surface area contributed by atoms with Crippen LogP contribution in [-0.4, -0.2) is 31.8 Å². The van der Waals surface area contributed by atoms with E-state index >= 15 is 0 Å². The number of nitrogens with one attached hydrogen (secondary N) is 1. The molecule has 0 amide bonds. The van der Waals surface area contributed by atoms with Gasteiger partial charge in [-0.2, -0.15) is 4.98 Å². The van der Waals surface area contributed by atoms with Crippen molar-refractivity contribution >= 4 is 17.6 Å². The highest BCUT2D eigenvalue weighted by atomic mass is 16.5. The molecule has 0 radical (unpaired) electrons. The SMILES string of the molecule is Cc1ccc(Cn2c(Nc3ccc(OCC4CC4)cc3)nc(=O)n([C@@H](C)[C@@H](C)C(=O)O)c2=O)cc1. The first kappa shape index (κ1) is 24.3. The summed E-state index contributed by atoms with van der Waals surface area (Å²) in [7, 11) is 0. The summed E-state index contributed by atoms with van der Waals surface area (Å²) >= 11 is 0. The average Bonchev–Trinajstić information content (AvgIpc) is 3.66. The molecule has 0 unspecified atom stereocenters. The maximum atomic E-state index is 13.5. The molecule has 2 atom stereocenters. The molecule has 0 spiro atoms. The van der Waals surface area contributed by atoms with Gasteiger partial charge in [0.25, 0.3) is 0 Å². The van der Waals surface area contributed by atoms with Crippen LogP contribution >= 0.6 is 0 Å². The molecule has 1 aromatic heterocycles. The van der Waals surface area contributed by atoms with Crippen LogP contribution in [0, 0.1) is 18.8 Å². The van der Waals surface area contributed by atoms with Crippen molar-refractivity contribution in [1.29, 1.82) is 0 Å². The lowest BCUT2D eigenvalue weighted by Gasteiger charge is -2.21. The number of hydrogen-bond acceptors (Lipinski definition) is 6. The Labute approximate surface area is 203 Å². The van der Waals surface area contributed by atoms with Crippen LogP contribution in [0.4, 0.5) is 11.6 Å². The summed E-state index contributed by atoms with van der Waals surface area (Å²) in [6, 6.07) is 14.0. The molecular weight excluding hydrogens is 448 g/mol. The van der Waals surface area contributed by atoms with Crippen molar-refractivity contribution in [2.24, 2.45) is 11.8 Å². The van der Waals surface area contributed by atoms with Crippen LogP contribution in [0.2, 0.25) is 0 Å². The number of benzene rings is 2. The van der Waals surface area contributed by atoms with Crippen molar-refractivity contribution in [3.05, 3.63) is 80.6 Å². The highest BCUT2D eigenvalue weighted by Crippen LogP contribution is 2.30. The van der Waals surface area contributed by atoms with E-state index in [0.717, 1.165) is 21.4 Å². The summed E-state index contributed by atoms with van der Waals surface area (Å²) in [5.41, 5.74) is 1.13. The third-order valence-corrected chi connectivity index (χ3v) is 6.38. The maximum Gasteiger partial charge on any atom is 0.355 e. The maximum absolute atomic E-state index is 13.5. The highest BCUT2D eigenvalue weighted by Gasteiger charge is 2.26. The van der Waals surface area contributed by atoms with Crippen LogP contribution in [0.25, 0.3) is 0 Å². The van der Waals surface area contributed by atoms with E-state index in [1.54, 1.807) is 12.1 Å². The van der Waals surface area contributed by atoms with Crippen molar-refractivity contribution in [1.82, 2.24) is 14.1 Å². The summed E-state index contributed by atoms with van der Waals surface area (Å²) in [4.78, 5) is 42.0. The van der Waals surface area contributed by atoms with Gasteiger partial charge in [-0.05, 0) is 69.4 Å². The number of aryl methyl sites for hydroxylation is 1. The van der Waals surface area contributed by atoms with Gasteiger partial charge in [0, 0.05) is 5.69 Å². The molecule has 1 aliphatic rings. The second-order valence-electron chi connectivity index (χ2n) is 9.21. The largest absolute Gasteiger partial charge is 0.493 e. The minimum Gasteiger partial charge on any atom is -0.493 e. The molecule has 0 bridgehead atoms. The Morgan fingerprint density at radius 1 is 1.11 bits per heavy atom. The Hall–Kier alpha value is -3.88. The van der Waals surface area contributed by atoms with E-state index in [2.05, 4.69) is 10.3 Å². The first-order chi connectivity index (χ1) is 16.7. The van der Waals surface area contributed by atoms with Crippen LogP contribution in [0.3, 0.4) is 0 Å². The topological polar surface area (TPSA) is 115 Å². The van der Waals surface area contributed by atoms with Crippen LogP contribution in [0.15, 0.2) is 58.1 Å². The van der Waals surface area contributed by atoms with E-state index < -0.39 is 29.3 Å². The zero-order valence-corrected chi connectivity index (χ0v) is 20.1. The molecule has 1 heterocycles. The minimum absolute atomic E-state index is 0.0821. The molecule has 1 saturated carbocycles. The Morgan fingerprint density at radius 3 is 2.37 bits per heavy atom. The number of nitrogens with zero attached hydrogens (tertiary/aromatic N) is 3. The molecule has 184 valence electrons. The lowest BCUT2D eigenvalue weighted by Crippen LogP contribution is -2.46. The first-order valence-corrected chi connectivity index (χ1v) is 11.7. The number of rotatable bonds is 10. The number of ether oxygens (including phenoxy) is 1. The molecule has 9 nitrogen and oxygen atoms in total. The second kappa shape index (κ2) is 10.2. The van der Waals surface area contributed by atoms with E-state index in [9.17, 15) is 19.5 Å². The standard InChI is InChI=1S/C26H30N4O5/c1-16-4-6-19(7-5-16)14-29-24(27-21-10-12-22(13-11-21)35-15-20-8-9-20)28-25(33)30(26(29)34)18(3)17(2)23(31)32/h4-7,10-13,17-18,20H,8-9,14-15H2,1-3H3,(H,31,32)(H,27,28,33)/t17-,18+/m1/s1. The van der Waals surface area contributed by atoms with Crippen LogP contribution in [-0.2, 0) is 11.3 Å². The first-order valence-electron chi connectivity index (χ1n) is 11.7. The quantitative estimate of drug-likeness (QED) is 0.458. The molecule has 1 aliphatic carbocycles. The molecule has 2 aromatic carbocycles. The predicted octanol–water partition coefficient (Wildman–Crippen LogP) is 3.58. The predicted molar refractivity (Wildman–Crippen MR) is 132 cm³/mol. The summed E-state index contributed by atoms with van der Waals surface area (Å²) in [5, 5.41) is 12.5. The molecule has 35 heavy (non-hydrogen) atoms. The normalized spacial score (nSPS) is 14.8. The van der Waals surface area contributed by atoms with Crippen LogP contribution < -0.4 is 21.4 Å². The average molecular weight is 479 g/mol. The van der Waals surface area contributed by atoms with Gasteiger partial charge in [0.1, 0.15) is 5.75 Å². The van der Waals surface area contributed by atoms with Gasteiger partial charge < -0.3 is 15.2 Å². The van der Waals surface area contributed by atoms with E-state index in [1.807, 2.05) is 43.3 Å². The molecular formula is C26H30N4O5. The number of carboxylic acid groups (broad SMARTS) is 1. The van der Waals surface area contributed by atoms with E-state index in [1.165, 1.54) is 31.3 Å². The number of aliphatic carboxylic acids is 1. The van der Waals surface area contributed by atoms with Gasteiger partial charge in [0.15, 0.2) is 0 Å². The smallest absolute Gasteiger partial charge is 0.355 e. The van der Waals surface area contributed by atoms with Crippen LogP contribution in [0.1, 0.15) is 43.9 Å². The minimum atomic E-state index is -1.10. The summed E-state index contributed by atoms with van der Waals surface area (Å²) < 4.78 is 8.04.